The van der Waals surface area contributed by atoms with Crippen molar-refractivity contribution in [2.24, 2.45) is 7.05 Å². The molecule has 0 spiro atoms. The number of nitrogens with zero attached hydrogens (tertiary/aromatic N) is 2. The Bertz CT molecular complexity index is 877. The molecule has 0 atom stereocenters. The van der Waals surface area contributed by atoms with Gasteiger partial charge in [0.2, 0.25) is 0 Å². The second-order valence-corrected chi connectivity index (χ2v) is 6.48. The minimum Gasteiger partial charge on any atom is -0.482 e. The van der Waals surface area contributed by atoms with Gasteiger partial charge in [-0.2, -0.15) is 0 Å². The molecule has 0 saturated carbocycles. The molecular formula is C17H14BrClN2O3. The lowest BCUT2D eigenvalue weighted by Crippen LogP contribution is -2.15. The Balaban J connectivity index is 1.58. The Hall–Kier alpha value is -2.05. The van der Waals surface area contributed by atoms with Crippen molar-refractivity contribution >= 4 is 44.5 Å². The highest BCUT2D eigenvalue weighted by molar-refractivity contribution is 9.10. The lowest BCUT2D eigenvalue weighted by atomic mass is 10.3. The lowest BCUT2D eigenvalue weighted by molar-refractivity contribution is -0.147. The van der Waals surface area contributed by atoms with Crippen LogP contribution in [0.2, 0.25) is 5.02 Å². The molecule has 3 aromatic rings. The van der Waals surface area contributed by atoms with Crippen molar-refractivity contribution in [3.8, 4) is 5.75 Å². The Labute approximate surface area is 152 Å². The highest BCUT2D eigenvalue weighted by Gasteiger charge is 2.11. The van der Waals surface area contributed by atoms with E-state index in [0.29, 0.717) is 16.6 Å². The quantitative estimate of drug-likeness (QED) is 0.595. The van der Waals surface area contributed by atoms with Crippen LogP contribution >= 0.6 is 27.5 Å². The van der Waals surface area contributed by atoms with Crippen molar-refractivity contribution < 1.29 is 14.3 Å². The first-order valence-corrected chi connectivity index (χ1v) is 8.35. The van der Waals surface area contributed by atoms with Crippen LogP contribution in [0.3, 0.4) is 0 Å². The normalized spacial score (nSPS) is 10.8. The monoisotopic (exact) mass is 408 g/mol. The number of halogens is 2. The third-order valence-electron chi connectivity index (χ3n) is 3.47. The van der Waals surface area contributed by atoms with E-state index in [2.05, 4.69) is 20.9 Å². The van der Waals surface area contributed by atoms with Crippen LogP contribution in [-0.4, -0.2) is 22.1 Å². The van der Waals surface area contributed by atoms with E-state index < -0.39 is 5.97 Å². The number of fused-ring (bicyclic) bond motifs is 1. The molecule has 0 aliphatic heterocycles. The Morgan fingerprint density at radius 1 is 1.25 bits per heavy atom. The molecule has 0 radical (unpaired) electrons. The summed E-state index contributed by atoms with van der Waals surface area (Å²) in [7, 11) is 1.87. The second kappa shape index (κ2) is 7.23. The molecule has 0 saturated heterocycles. The van der Waals surface area contributed by atoms with Crippen molar-refractivity contribution in [3.05, 3.63) is 57.8 Å². The summed E-state index contributed by atoms with van der Waals surface area (Å²) in [6.45, 7) is -0.0806. The van der Waals surface area contributed by atoms with E-state index >= 15 is 0 Å². The van der Waals surface area contributed by atoms with Crippen LogP contribution in [0.1, 0.15) is 5.82 Å². The number of carbonyl (C=O) groups is 1. The zero-order valence-corrected chi connectivity index (χ0v) is 15.2. The fraction of sp³-hybridized carbons (Fsp3) is 0.176. The van der Waals surface area contributed by atoms with Gasteiger partial charge in [-0.3, -0.25) is 0 Å². The number of esters is 1. The van der Waals surface area contributed by atoms with Crippen molar-refractivity contribution in [2.75, 3.05) is 6.61 Å². The number of rotatable bonds is 5. The summed E-state index contributed by atoms with van der Waals surface area (Å²) in [5, 5.41) is 0.618. The first kappa shape index (κ1) is 16.8. The fourth-order valence-corrected chi connectivity index (χ4v) is 2.64. The average molecular weight is 410 g/mol. The molecule has 7 heteroatoms. The van der Waals surface area contributed by atoms with Crippen molar-refractivity contribution in [1.82, 2.24) is 9.55 Å². The van der Waals surface area contributed by atoms with Crippen LogP contribution in [0.15, 0.2) is 46.9 Å². The summed E-state index contributed by atoms with van der Waals surface area (Å²) in [5.74, 6) is 0.791. The van der Waals surface area contributed by atoms with Gasteiger partial charge in [0.25, 0.3) is 0 Å². The van der Waals surface area contributed by atoms with Crippen molar-refractivity contribution in [1.29, 1.82) is 0 Å². The van der Waals surface area contributed by atoms with Gasteiger partial charge in [0, 0.05) is 16.5 Å². The molecule has 3 rings (SSSR count). The number of imidazole rings is 1. The lowest BCUT2D eigenvalue weighted by Gasteiger charge is -2.07. The maximum absolute atomic E-state index is 11.8. The molecule has 0 N–H and O–H groups in total. The second-order valence-electron chi connectivity index (χ2n) is 5.12. The van der Waals surface area contributed by atoms with E-state index in [-0.39, 0.29) is 13.2 Å². The zero-order valence-electron chi connectivity index (χ0n) is 12.8. The zero-order chi connectivity index (χ0) is 17.1. The maximum Gasteiger partial charge on any atom is 0.344 e. The number of aryl methyl sites for hydroxylation is 1. The molecule has 2 aromatic carbocycles. The number of aromatic nitrogens is 2. The molecule has 0 bridgehead atoms. The van der Waals surface area contributed by atoms with Gasteiger partial charge < -0.3 is 14.0 Å². The Morgan fingerprint density at radius 3 is 2.75 bits per heavy atom. The van der Waals surface area contributed by atoms with Gasteiger partial charge >= 0.3 is 5.97 Å². The third kappa shape index (κ3) is 3.88. The molecular weight excluding hydrogens is 396 g/mol. The SMILES string of the molecule is Cn1c(COC(=O)COc2ccc(Br)cc2)nc2cc(Cl)ccc21. The van der Waals surface area contributed by atoms with E-state index in [1.54, 1.807) is 24.3 Å². The van der Waals surface area contributed by atoms with Crippen LogP contribution in [0.5, 0.6) is 5.75 Å². The highest BCUT2D eigenvalue weighted by Crippen LogP contribution is 2.20. The van der Waals surface area contributed by atoms with E-state index in [9.17, 15) is 4.79 Å². The number of hydrogen-bond donors (Lipinski definition) is 0. The summed E-state index contributed by atoms with van der Waals surface area (Å²) in [6.07, 6.45) is 0. The summed E-state index contributed by atoms with van der Waals surface area (Å²) < 4.78 is 13.4. The van der Waals surface area contributed by atoms with E-state index in [0.717, 1.165) is 15.5 Å². The van der Waals surface area contributed by atoms with Crippen LogP contribution in [-0.2, 0) is 23.2 Å². The van der Waals surface area contributed by atoms with Gasteiger partial charge in [0.15, 0.2) is 6.61 Å². The van der Waals surface area contributed by atoms with Crippen LogP contribution in [0.25, 0.3) is 11.0 Å². The number of ether oxygens (including phenoxy) is 2. The highest BCUT2D eigenvalue weighted by atomic mass is 79.9. The van der Waals surface area contributed by atoms with Gasteiger partial charge in [-0.05, 0) is 42.5 Å². The van der Waals surface area contributed by atoms with E-state index in [1.165, 1.54) is 0 Å². The number of hydrogen-bond acceptors (Lipinski definition) is 4. The minimum absolute atomic E-state index is 0.0747. The van der Waals surface area contributed by atoms with Gasteiger partial charge in [-0.15, -0.1) is 0 Å². The maximum atomic E-state index is 11.8. The average Bonchev–Trinajstić information content (AvgIpc) is 2.87. The molecule has 0 amide bonds. The third-order valence-corrected chi connectivity index (χ3v) is 4.23. The topological polar surface area (TPSA) is 53.4 Å². The summed E-state index contributed by atoms with van der Waals surface area (Å²) >= 11 is 9.30. The van der Waals surface area contributed by atoms with Gasteiger partial charge in [-0.1, -0.05) is 27.5 Å². The first-order valence-electron chi connectivity index (χ1n) is 7.18. The van der Waals surface area contributed by atoms with Gasteiger partial charge in [0.05, 0.1) is 11.0 Å². The predicted molar refractivity (Wildman–Crippen MR) is 95.2 cm³/mol. The molecule has 24 heavy (non-hydrogen) atoms. The Kier molecular flexibility index (Phi) is 5.06. The molecule has 0 unspecified atom stereocenters. The number of benzene rings is 2. The van der Waals surface area contributed by atoms with Crippen molar-refractivity contribution in [3.63, 3.8) is 0 Å². The summed E-state index contributed by atoms with van der Waals surface area (Å²) in [6, 6.07) is 12.7. The summed E-state index contributed by atoms with van der Waals surface area (Å²) in [4.78, 5) is 16.3. The van der Waals surface area contributed by atoms with Crippen LogP contribution in [0.4, 0.5) is 0 Å². The smallest absolute Gasteiger partial charge is 0.344 e. The predicted octanol–water partition coefficient (Wildman–Crippen LogP) is 4.11. The molecule has 5 nitrogen and oxygen atoms in total. The summed E-state index contributed by atoms with van der Waals surface area (Å²) in [5.41, 5.74) is 1.69. The minimum atomic E-state index is -0.456. The fourth-order valence-electron chi connectivity index (χ4n) is 2.21. The number of carbonyl (C=O) groups excluding carboxylic acids is 1. The molecule has 1 heterocycles. The molecule has 0 fully saturated rings. The van der Waals surface area contributed by atoms with E-state index in [4.69, 9.17) is 21.1 Å². The van der Waals surface area contributed by atoms with Gasteiger partial charge in [-0.25, -0.2) is 9.78 Å². The largest absolute Gasteiger partial charge is 0.482 e. The van der Waals surface area contributed by atoms with E-state index in [1.807, 2.05) is 29.8 Å². The van der Waals surface area contributed by atoms with Crippen molar-refractivity contribution in [2.45, 2.75) is 6.61 Å². The van der Waals surface area contributed by atoms with Gasteiger partial charge in [0.1, 0.15) is 18.2 Å². The molecule has 124 valence electrons. The molecule has 0 aliphatic carbocycles. The molecule has 0 aliphatic rings. The Morgan fingerprint density at radius 2 is 2.00 bits per heavy atom. The first-order chi connectivity index (χ1) is 11.5. The van der Waals surface area contributed by atoms with Crippen LogP contribution in [0, 0.1) is 0 Å². The van der Waals surface area contributed by atoms with Crippen LogP contribution < -0.4 is 4.74 Å². The standard InChI is InChI=1S/C17H14BrClN2O3/c1-21-15-7-4-12(19)8-14(15)20-16(21)9-24-17(22)10-23-13-5-2-11(18)3-6-13/h2-8H,9-10H2,1H3. The molecule has 1 aromatic heterocycles.